The molecule has 1 aliphatic heterocycles. The number of carboxylic acids is 1. The topological polar surface area (TPSA) is 40.5 Å². The summed E-state index contributed by atoms with van der Waals surface area (Å²) in [5.74, 6) is 1.17. The van der Waals surface area contributed by atoms with Gasteiger partial charge in [-0.1, -0.05) is 11.9 Å². The molecular weight excluding hydrogens is 206 g/mol. The Morgan fingerprint density at radius 3 is 3.08 bits per heavy atom. The van der Waals surface area contributed by atoms with Gasteiger partial charge in [-0.15, -0.1) is 0 Å². The van der Waals surface area contributed by atoms with E-state index in [0.717, 1.165) is 37.3 Å². The van der Waals surface area contributed by atoms with Crippen molar-refractivity contribution in [2.75, 3.05) is 18.1 Å². The first-order valence-corrected chi connectivity index (χ1v) is 6.06. The van der Waals surface area contributed by atoms with E-state index in [1.807, 2.05) is 4.31 Å². The zero-order valence-corrected chi connectivity index (χ0v) is 9.19. The Hall–Kier alpha value is 0.130. The van der Waals surface area contributed by atoms with Gasteiger partial charge in [0.15, 0.2) is 0 Å². The molecule has 0 unspecified atom stereocenters. The summed E-state index contributed by atoms with van der Waals surface area (Å²) in [6, 6.07) is -0.259. The van der Waals surface area contributed by atoms with Crippen molar-refractivity contribution in [3.63, 3.8) is 0 Å². The van der Waals surface area contributed by atoms with Crippen LogP contribution in [0.5, 0.6) is 0 Å². The summed E-state index contributed by atoms with van der Waals surface area (Å²) >= 11 is 5.76. The zero-order chi connectivity index (χ0) is 9.68. The van der Waals surface area contributed by atoms with E-state index in [4.69, 9.17) is 5.11 Å². The van der Waals surface area contributed by atoms with Gasteiger partial charge in [-0.25, -0.2) is 4.31 Å². The lowest BCUT2D eigenvalue weighted by molar-refractivity contribution is -0.140. The Bertz CT molecular complexity index is 178. The summed E-state index contributed by atoms with van der Waals surface area (Å²) in [5.41, 5.74) is 0. The van der Waals surface area contributed by atoms with Gasteiger partial charge < -0.3 is 5.11 Å². The SMILES string of the molecule is O=C(O)[C@@H]1CCCN1SCCCS. The Morgan fingerprint density at radius 2 is 2.46 bits per heavy atom. The van der Waals surface area contributed by atoms with Crippen LogP contribution in [0.15, 0.2) is 0 Å². The molecule has 1 atom stereocenters. The molecule has 3 nitrogen and oxygen atoms in total. The first-order valence-electron chi connectivity index (χ1n) is 4.49. The molecule has 5 heteroatoms. The van der Waals surface area contributed by atoms with Crippen LogP contribution in [0.2, 0.25) is 0 Å². The normalized spacial score (nSPS) is 23.6. The lowest BCUT2D eigenvalue weighted by Crippen LogP contribution is -2.31. The maximum absolute atomic E-state index is 10.8. The van der Waals surface area contributed by atoms with E-state index in [1.54, 1.807) is 11.9 Å². The van der Waals surface area contributed by atoms with Crippen LogP contribution in [0, 0.1) is 0 Å². The summed E-state index contributed by atoms with van der Waals surface area (Å²) in [4.78, 5) is 10.8. The van der Waals surface area contributed by atoms with Crippen molar-refractivity contribution in [2.45, 2.75) is 25.3 Å². The van der Waals surface area contributed by atoms with Crippen LogP contribution in [0.4, 0.5) is 0 Å². The predicted molar refractivity (Wildman–Crippen MR) is 58.3 cm³/mol. The number of nitrogens with zero attached hydrogens (tertiary/aromatic N) is 1. The van der Waals surface area contributed by atoms with Crippen LogP contribution in [0.25, 0.3) is 0 Å². The van der Waals surface area contributed by atoms with Crippen LogP contribution in [0.1, 0.15) is 19.3 Å². The zero-order valence-electron chi connectivity index (χ0n) is 7.48. The van der Waals surface area contributed by atoms with Gasteiger partial charge in [-0.3, -0.25) is 4.79 Å². The Kier molecular flexibility index (Phi) is 4.98. The van der Waals surface area contributed by atoms with E-state index in [1.165, 1.54) is 0 Å². The molecule has 0 radical (unpaired) electrons. The fraction of sp³-hybridized carbons (Fsp3) is 0.875. The number of aliphatic carboxylic acids is 1. The van der Waals surface area contributed by atoms with Gasteiger partial charge in [0, 0.05) is 12.3 Å². The fourth-order valence-corrected chi connectivity index (χ4v) is 2.90. The van der Waals surface area contributed by atoms with Crippen molar-refractivity contribution in [3.8, 4) is 0 Å². The van der Waals surface area contributed by atoms with E-state index in [9.17, 15) is 4.79 Å². The highest BCUT2D eigenvalue weighted by atomic mass is 32.2. The van der Waals surface area contributed by atoms with Gasteiger partial charge in [-0.2, -0.15) is 12.6 Å². The average molecular weight is 221 g/mol. The molecule has 1 heterocycles. The summed E-state index contributed by atoms with van der Waals surface area (Å²) in [5, 5.41) is 8.87. The highest BCUT2D eigenvalue weighted by Crippen LogP contribution is 2.25. The summed E-state index contributed by atoms with van der Waals surface area (Å²) in [6.45, 7) is 0.911. The van der Waals surface area contributed by atoms with Gasteiger partial charge >= 0.3 is 5.97 Å². The quantitative estimate of drug-likeness (QED) is 0.419. The highest BCUT2D eigenvalue weighted by molar-refractivity contribution is 7.97. The molecule has 0 saturated carbocycles. The number of carboxylic acid groups (broad SMARTS) is 1. The largest absolute Gasteiger partial charge is 0.480 e. The molecule has 1 N–H and O–H groups in total. The molecule has 13 heavy (non-hydrogen) atoms. The lowest BCUT2D eigenvalue weighted by atomic mass is 10.2. The molecule has 0 aliphatic carbocycles. The number of hydrogen-bond donors (Lipinski definition) is 2. The van der Waals surface area contributed by atoms with Crippen LogP contribution >= 0.6 is 24.6 Å². The maximum atomic E-state index is 10.8. The highest BCUT2D eigenvalue weighted by Gasteiger charge is 2.30. The summed E-state index contributed by atoms with van der Waals surface area (Å²) < 4.78 is 1.99. The second-order valence-corrected chi connectivity index (χ2v) is 4.63. The summed E-state index contributed by atoms with van der Waals surface area (Å²) in [7, 11) is 0. The van der Waals surface area contributed by atoms with Crippen LogP contribution in [-0.2, 0) is 4.79 Å². The maximum Gasteiger partial charge on any atom is 0.321 e. The predicted octanol–water partition coefficient (Wildman–Crippen LogP) is 1.50. The number of rotatable bonds is 5. The fourth-order valence-electron chi connectivity index (χ4n) is 1.39. The van der Waals surface area contributed by atoms with Gasteiger partial charge in [-0.05, 0) is 25.0 Å². The molecule has 1 aliphatic rings. The van der Waals surface area contributed by atoms with E-state index in [-0.39, 0.29) is 6.04 Å². The molecule has 0 bridgehead atoms. The van der Waals surface area contributed by atoms with Crippen molar-refractivity contribution in [1.82, 2.24) is 4.31 Å². The van der Waals surface area contributed by atoms with Gasteiger partial charge in [0.05, 0.1) is 0 Å². The van der Waals surface area contributed by atoms with Crippen molar-refractivity contribution >= 4 is 30.5 Å². The molecular formula is C8H15NO2S2. The standard InChI is InChI=1S/C8H15NO2S2/c10-8(11)7-3-1-4-9(7)13-6-2-5-12/h7,12H,1-6H2,(H,10,11)/t7-/m0/s1. The van der Waals surface area contributed by atoms with Gasteiger partial charge in [0.2, 0.25) is 0 Å². The van der Waals surface area contributed by atoms with Gasteiger partial charge in [0.25, 0.3) is 0 Å². The van der Waals surface area contributed by atoms with Crippen molar-refractivity contribution < 1.29 is 9.90 Å². The molecule has 0 aromatic rings. The third-order valence-corrected chi connectivity index (χ3v) is 3.60. The minimum atomic E-state index is -0.684. The van der Waals surface area contributed by atoms with Crippen LogP contribution in [-0.4, -0.2) is 39.5 Å². The van der Waals surface area contributed by atoms with Crippen LogP contribution in [0.3, 0.4) is 0 Å². The number of thiol groups is 1. The Morgan fingerprint density at radius 1 is 1.69 bits per heavy atom. The third kappa shape index (κ3) is 3.40. The van der Waals surface area contributed by atoms with Gasteiger partial charge in [0.1, 0.15) is 6.04 Å². The summed E-state index contributed by atoms with van der Waals surface area (Å²) in [6.07, 6.45) is 2.84. The van der Waals surface area contributed by atoms with E-state index in [0.29, 0.717) is 0 Å². The van der Waals surface area contributed by atoms with Crippen molar-refractivity contribution in [2.24, 2.45) is 0 Å². The number of hydrogen-bond acceptors (Lipinski definition) is 4. The monoisotopic (exact) mass is 221 g/mol. The van der Waals surface area contributed by atoms with E-state index in [2.05, 4.69) is 12.6 Å². The second kappa shape index (κ2) is 5.78. The van der Waals surface area contributed by atoms with Crippen molar-refractivity contribution in [1.29, 1.82) is 0 Å². The molecule has 76 valence electrons. The van der Waals surface area contributed by atoms with Crippen molar-refractivity contribution in [3.05, 3.63) is 0 Å². The lowest BCUT2D eigenvalue weighted by Gasteiger charge is -2.19. The average Bonchev–Trinajstić information content (AvgIpc) is 2.53. The minimum absolute atomic E-state index is 0.259. The molecule has 0 aromatic heterocycles. The number of carbonyl (C=O) groups is 1. The van der Waals surface area contributed by atoms with E-state index < -0.39 is 5.97 Å². The van der Waals surface area contributed by atoms with E-state index >= 15 is 0 Å². The minimum Gasteiger partial charge on any atom is -0.480 e. The molecule has 0 aromatic carbocycles. The smallest absolute Gasteiger partial charge is 0.321 e. The third-order valence-electron chi connectivity index (χ3n) is 2.05. The molecule has 1 fully saturated rings. The molecule has 0 amide bonds. The van der Waals surface area contributed by atoms with Crippen LogP contribution < -0.4 is 0 Å². The Balaban J connectivity index is 2.27. The molecule has 1 saturated heterocycles. The first kappa shape index (κ1) is 11.2. The molecule has 1 rings (SSSR count). The molecule has 0 spiro atoms. The second-order valence-electron chi connectivity index (χ2n) is 3.05. The first-order chi connectivity index (χ1) is 6.25. The Labute approximate surface area is 88.4 Å².